The van der Waals surface area contributed by atoms with E-state index in [1.54, 1.807) is 0 Å². The number of likely N-dealkylation sites (N-methyl/N-ethyl adjacent to an activating group) is 1. The molecule has 3 nitrogen and oxygen atoms in total. The van der Waals surface area contributed by atoms with Gasteiger partial charge >= 0.3 is 0 Å². The van der Waals surface area contributed by atoms with Crippen LogP contribution in [0.1, 0.15) is 24.5 Å². The van der Waals surface area contributed by atoms with Crippen molar-refractivity contribution in [2.75, 3.05) is 39.8 Å². The van der Waals surface area contributed by atoms with Crippen molar-refractivity contribution in [3.8, 4) is 0 Å². The highest BCUT2D eigenvalue weighted by molar-refractivity contribution is 5.86. The van der Waals surface area contributed by atoms with Gasteiger partial charge in [-0.15, -0.1) is 0 Å². The molecule has 0 spiro atoms. The highest BCUT2D eigenvalue weighted by Crippen LogP contribution is 2.25. The van der Waals surface area contributed by atoms with E-state index >= 15 is 0 Å². The summed E-state index contributed by atoms with van der Waals surface area (Å²) in [4.78, 5) is 5.04. The van der Waals surface area contributed by atoms with Crippen LogP contribution in [0.15, 0.2) is 24.4 Å². The molecule has 2 heterocycles. The first-order valence-electron chi connectivity index (χ1n) is 8.65. The molecule has 3 rings (SSSR count). The molecule has 0 saturated carbocycles. The third kappa shape index (κ3) is 3.21. The number of nitrogens with zero attached hydrogens (tertiary/aromatic N) is 3. The van der Waals surface area contributed by atoms with Crippen molar-refractivity contribution in [3.63, 3.8) is 0 Å². The van der Waals surface area contributed by atoms with Gasteiger partial charge in [-0.25, -0.2) is 0 Å². The number of aromatic nitrogens is 1. The quantitative estimate of drug-likeness (QED) is 0.841. The zero-order valence-electron chi connectivity index (χ0n) is 14.3. The van der Waals surface area contributed by atoms with Gasteiger partial charge in [0.25, 0.3) is 0 Å². The zero-order chi connectivity index (χ0) is 15.5. The first-order chi connectivity index (χ1) is 10.7. The van der Waals surface area contributed by atoms with Crippen molar-refractivity contribution in [3.05, 3.63) is 35.5 Å². The van der Waals surface area contributed by atoms with Crippen molar-refractivity contribution in [2.24, 2.45) is 7.05 Å². The SMILES string of the molecule is CCc1cccc2c(CCCN3CCN(C)CC3)cn(C)c12. The molecule has 0 aliphatic carbocycles. The fraction of sp³-hybridized carbons (Fsp3) is 0.579. The standard InChI is InChI=1S/C19H29N3/c1-4-16-7-5-9-18-17(15-21(3)19(16)18)8-6-10-22-13-11-20(2)12-14-22/h5,7,9,15H,4,6,8,10-14H2,1-3H3. The van der Waals surface area contributed by atoms with Crippen LogP contribution in [0.3, 0.4) is 0 Å². The molecule has 1 aliphatic rings. The van der Waals surface area contributed by atoms with Crippen molar-refractivity contribution in [1.29, 1.82) is 0 Å². The Morgan fingerprint density at radius 1 is 1.00 bits per heavy atom. The van der Waals surface area contributed by atoms with Crippen LogP contribution in [0.25, 0.3) is 10.9 Å². The molecule has 1 aromatic carbocycles. The minimum atomic E-state index is 1.11. The molecule has 0 atom stereocenters. The van der Waals surface area contributed by atoms with E-state index in [4.69, 9.17) is 0 Å². The van der Waals surface area contributed by atoms with E-state index in [2.05, 4.69) is 59.8 Å². The van der Waals surface area contributed by atoms with E-state index in [1.165, 1.54) is 67.6 Å². The van der Waals surface area contributed by atoms with Crippen LogP contribution < -0.4 is 0 Å². The second-order valence-corrected chi connectivity index (χ2v) is 6.68. The van der Waals surface area contributed by atoms with Crippen molar-refractivity contribution < 1.29 is 0 Å². The third-order valence-corrected chi connectivity index (χ3v) is 5.06. The lowest BCUT2D eigenvalue weighted by atomic mass is 10.0. The van der Waals surface area contributed by atoms with Gasteiger partial charge in [-0.05, 0) is 44.0 Å². The van der Waals surface area contributed by atoms with Gasteiger partial charge in [0.1, 0.15) is 0 Å². The van der Waals surface area contributed by atoms with E-state index in [0.29, 0.717) is 0 Å². The Labute approximate surface area is 134 Å². The van der Waals surface area contributed by atoms with Crippen molar-refractivity contribution in [1.82, 2.24) is 14.4 Å². The lowest BCUT2D eigenvalue weighted by Crippen LogP contribution is -2.44. The molecule has 1 saturated heterocycles. The predicted octanol–water partition coefficient (Wildman–Crippen LogP) is 2.92. The molecule has 2 aromatic rings. The van der Waals surface area contributed by atoms with Gasteiger partial charge < -0.3 is 14.4 Å². The number of benzene rings is 1. The first kappa shape index (κ1) is 15.6. The van der Waals surface area contributed by atoms with E-state index < -0.39 is 0 Å². The summed E-state index contributed by atoms with van der Waals surface area (Å²) < 4.78 is 2.32. The van der Waals surface area contributed by atoms with Crippen LogP contribution in [0, 0.1) is 0 Å². The fourth-order valence-corrected chi connectivity index (χ4v) is 3.68. The predicted molar refractivity (Wildman–Crippen MR) is 94.6 cm³/mol. The maximum Gasteiger partial charge on any atom is 0.0512 e. The van der Waals surface area contributed by atoms with Crippen molar-refractivity contribution >= 4 is 10.9 Å². The van der Waals surface area contributed by atoms with Gasteiger partial charge in [0.05, 0.1) is 5.52 Å². The molecular formula is C19H29N3. The summed E-state index contributed by atoms with van der Waals surface area (Å²) in [5, 5.41) is 1.46. The summed E-state index contributed by atoms with van der Waals surface area (Å²) >= 11 is 0. The van der Waals surface area contributed by atoms with E-state index in [1.807, 2.05) is 0 Å². The molecule has 0 amide bonds. The molecule has 0 N–H and O–H groups in total. The van der Waals surface area contributed by atoms with Gasteiger partial charge in [-0.1, -0.05) is 25.1 Å². The van der Waals surface area contributed by atoms with Crippen molar-refractivity contribution in [2.45, 2.75) is 26.2 Å². The largest absolute Gasteiger partial charge is 0.350 e. The minimum Gasteiger partial charge on any atom is -0.350 e. The number of hydrogen-bond acceptors (Lipinski definition) is 2. The second kappa shape index (κ2) is 6.84. The first-order valence-corrected chi connectivity index (χ1v) is 8.65. The van der Waals surface area contributed by atoms with Gasteiger partial charge in [-0.2, -0.15) is 0 Å². The summed E-state index contributed by atoms with van der Waals surface area (Å²) in [6.45, 7) is 8.37. The normalized spacial score (nSPS) is 17.4. The van der Waals surface area contributed by atoms with Crippen LogP contribution in [-0.4, -0.2) is 54.1 Å². The Kier molecular flexibility index (Phi) is 4.84. The summed E-state index contributed by atoms with van der Waals surface area (Å²) in [7, 11) is 4.41. The van der Waals surface area contributed by atoms with Gasteiger partial charge in [0.15, 0.2) is 0 Å². The number of fused-ring (bicyclic) bond motifs is 1. The number of rotatable bonds is 5. The Bertz CT molecular complexity index is 621. The maximum atomic E-state index is 2.61. The van der Waals surface area contributed by atoms with Crippen LogP contribution in [-0.2, 0) is 19.9 Å². The highest BCUT2D eigenvalue weighted by atomic mass is 15.2. The molecule has 0 radical (unpaired) electrons. The highest BCUT2D eigenvalue weighted by Gasteiger charge is 2.14. The summed E-state index contributed by atoms with van der Waals surface area (Å²) in [5.41, 5.74) is 4.41. The lowest BCUT2D eigenvalue weighted by Gasteiger charge is -2.32. The van der Waals surface area contributed by atoms with Crippen LogP contribution in [0.2, 0.25) is 0 Å². The molecule has 0 bridgehead atoms. The van der Waals surface area contributed by atoms with E-state index in [-0.39, 0.29) is 0 Å². The Morgan fingerprint density at radius 3 is 2.50 bits per heavy atom. The van der Waals surface area contributed by atoms with E-state index in [0.717, 1.165) is 6.42 Å². The lowest BCUT2D eigenvalue weighted by molar-refractivity contribution is 0.153. The summed E-state index contributed by atoms with van der Waals surface area (Å²) in [6.07, 6.45) is 5.90. The average Bonchev–Trinajstić information content (AvgIpc) is 2.86. The number of hydrogen-bond donors (Lipinski definition) is 0. The topological polar surface area (TPSA) is 11.4 Å². The second-order valence-electron chi connectivity index (χ2n) is 6.68. The molecule has 3 heteroatoms. The molecule has 1 aromatic heterocycles. The molecule has 0 unspecified atom stereocenters. The average molecular weight is 299 g/mol. The van der Waals surface area contributed by atoms with E-state index in [9.17, 15) is 0 Å². The Hall–Kier alpha value is -1.32. The van der Waals surface area contributed by atoms with Gasteiger partial charge in [0.2, 0.25) is 0 Å². The van der Waals surface area contributed by atoms with Crippen LogP contribution in [0.5, 0.6) is 0 Å². The van der Waals surface area contributed by atoms with Gasteiger partial charge in [0, 0.05) is 44.8 Å². The smallest absolute Gasteiger partial charge is 0.0512 e. The molecular weight excluding hydrogens is 270 g/mol. The monoisotopic (exact) mass is 299 g/mol. The molecule has 120 valence electrons. The Balaban J connectivity index is 1.65. The third-order valence-electron chi connectivity index (χ3n) is 5.06. The van der Waals surface area contributed by atoms with Crippen LogP contribution in [0.4, 0.5) is 0 Å². The number of piperazine rings is 1. The molecule has 1 fully saturated rings. The zero-order valence-corrected chi connectivity index (χ0v) is 14.3. The summed E-state index contributed by atoms with van der Waals surface area (Å²) in [6, 6.07) is 6.77. The number of para-hydroxylation sites is 1. The summed E-state index contributed by atoms with van der Waals surface area (Å²) in [5.74, 6) is 0. The molecule has 22 heavy (non-hydrogen) atoms. The minimum absolute atomic E-state index is 1.11. The Morgan fingerprint density at radius 2 is 1.77 bits per heavy atom. The van der Waals surface area contributed by atoms with Crippen LogP contribution >= 0.6 is 0 Å². The maximum absolute atomic E-state index is 2.61. The fourth-order valence-electron chi connectivity index (χ4n) is 3.68. The molecule has 1 aliphatic heterocycles. The number of aryl methyl sites for hydroxylation is 3. The van der Waals surface area contributed by atoms with Gasteiger partial charge in [-0.3, -0.25) is 0 Å².